The van der Waals surface area contributed by atoms with E-state index in [1.165, 1.54) is 0 Å². The van der Waals surface area contributed by atoms with Gasteiger partial charge >= 0.3 is 5.97 Å². The molecule has 0 fully saturated rings. The fourth-order valence-corrected chi connectivity index (χ4v) is 3.07. The lowest BCUT2D eigenvalue weighted by Gasteiger charge is -2.06. The van der Waals surface area contributed by atoms with Crippen LogP contribution in [0.25, 0.3) is 22.5 Å². The average molecular weight is 448 g/mol. The van der Waals surface area contributed by atoms with Crippen molar-refractivity contribution in [2.75, 3.05) is 26.1 Å². The number of benzene rings is 2. The van der Waals surface area contributed by atoms with Crippen LogP contribution in [0.4, 0.5) is 5.88 Å². The van der Waals surface area contributed by atoms with Gasteiger partial charge in [-0.15, -0.1) is 0 Å². The minimum Gasteiger partial charge on any atom is -0.497 e. The van der Waals surface area contributed by atoms with Crippen molar-refractivity contribution < 1.29 is 28.2 Å². The number of carbonyl (C=O) groups excluding carboxylic acids is 2. The van der Waals surface area contributed by atoms with Crippen molar-refractivity contribution in [2.45, 2.75) is 13.8 Å². The summed E-state index contributed by atoms with van der Waals surface area (Å²) in [6, 6.07) is 16.4. The number of nitrogens with zero attached hydrogens (tertiary/aromatic N) is 1. The molecule has 0 aliphatic heterocycles. The van der Waals surface area contributed by atoms with Gasteiger partial charge in [-0.2, -0.15) is 5.26 Å². The Bertz CT molecular complexity index is 1170. The molecule has 1 amide bonds. The Morgan fingerprint density at radius 3 is 2.00 bits per heavy atom. The van der Waals surface area contributed by atoms with Crippen LogP contribution in [0, 0.1) is 17.2 Å². The third-order valence-electron chi connectivity index (χ3n) is 4.82. The summed E-state index contributed by atoms with van der Waals surface area (Å²) in [5.41, 5.74) is 2.05. The molecule has 0 saturated heterocycles. The molecule has 0 aliphatic carbocycles. The molecule has 0 atom stereocenters. The summed E-state index contributed by atoms with van der Waals surface area (Å²) in [7, 11) is 3.13. The van der Waals surface area contributed by atoms with Gasteiger partial charge < -0.3 is 18.6 Å². The molecule has 0 bridgehead atoms. The minimum atomic E-state index is -0.614. The molecule has 0 spiro atoms. The van der Waals surface area contributed by atoms with Crippen molar-refractivity contribution in [1.82, 2.24) is 0 Å². The van der Waals surface area contributed by atoms with Crippen LogP contribution in [0.3, 0.4) is 0 Å². The van der Waals surface area contributed by atoms with Gasteiger partial charge in [0, 0.05) is 11.1 Å². The first-order valence-corrected chi connectivity index (χ1v) is 10.2. The van der Waals surface area contributed by atoms with Crippen molar-refractivity contribution in [3.8, 4) is 40.0 Å². The van der Waals surface area contributed by atoms with E-state index in [1.54, 1.807) is 76.6 Å². The van der Waals surface area contributed by atoms with Crippen LogP contribution >= 0.6 is 0 Å². The third-order valence-corrected chi connectivity index (χ3v) is 4.82. The predicted octanol–water partition coefficient (Wildman–Crippen LogP) is 4.64. The highest BCUT2D eigenvalue weighted by atomic mass is 16.5. The van der Waals surface area contributed by atoms with E-state index in [0.717, 1.165) is 0 Å². The molecule has 3 aromatic rings. The lowest BCUT2D eigenvalue weighted by atomic mass is 9.98. The Balaban J connectivity index is 2.03. The number of carbonyl (C=O) groups is 2. The second kappa shape index (κ2) is 10.4. The van der Waals surface area contributed by atoms with Crippen LogP contribution in [0.5, 0.6) is 11.5 Å². The van der Waals surface area contributed by atoms with E-state index < -0.39 is 18.5 Å². The van der Waals surface area contributed by atoms with Crippen molar-refractivity contribution >= 4 is 17.8 Å². The fraction of sp³-hybridized carbons (Fsp3) is 0.240. The SMILES string of the molecule is COc1ccc(-c2oc(NC(=O)COC(=O)C(C)C)c(C#N)c2-c2ccc(OC)cc2)cc1. The fourth-order valence-electron chi connectivity index (χ4n) is 3.07. The highest BCUT2D eigenvalue weighted by Gasteiger charge is 2.25. The maximum atomic E-state index is 12.4. The third kappa shape index (κ3) is 5.33. The Hall–Kier alpha value is -4.25. The molecule has 170 valence electrons. The monoisotopic (exact) mass is 448 g/mol. The van der Waals surface area contributed by atoms with Crippen molar-refractivity contribution in [3.05, 3.63) is 54.1 Å². The second-order valence-corrected chi connectivity index (χ2v) is 7.39. The lowest BCUT2D eigenvalue weighted by molar-refractivity contribution is -0.150. The molecule has 1 aromatic heterocycles. The standard InChI is InChI=1S/C25H24N2O6/c1-15(2)25(29)32-14-21(28)27-24-20(13-26)22(16-5-9-18(30-3)10-6-16)23(33-24)17-7-11-19(31-4)12-8-17/h5-12,15H,14H2,1-4H3,(H,27,28). The first-order valence-electron chi connectivity index (χ1n) is 10.2. The number of nitriles is 1. The number of amides is 1. The number of methoxy groups -OCH3 is 2. The Morgan fingerprint density at radius 2 is 1.52 bits per heavy atom. The van der Waals surface area contributed by atoms with Gasteiger partial charge in [-0.05, 0) is 42.0 Å². The average Bonchev–Trinajstić information content (AvgIpc) is 3.20. The summed E-state index contributed by atoms with van der Waals surface area (Å²) in [4.78, 5) is 24.0. The van der Waals surface area contributed by atoms with Gasteiger partial charge in [0.1, 0.15) is 28.9 Å². The van der Waals surface area contributed by atoms with Gasteiger partial charge in [0.05, 0.1) is 20.1 Å². The van der Waals surface area contributed by atoms with Gasteiger partial charge in [0.2, 0.25) is 5.88 Å². The molecule has 0 aliphatic rings. The zero-order chi connectivity index (χ0) is 24.0. The molecule has 0 radical (unpaired) electrons. The van der Waals surface area contributed by atoms with E-state index in [0.29, 0.717) is 33.9 Å². The van der Waals surface area contributed by atoms with Crippen LogP contribution in [-0.2, 0) is 14.3 Å². The summed E-state index contributed by atoms with van der Waals surface area (Å²) >= 11 is 0. The van der Waals surface area contributed by atoms with E-state index in [1.807, 2.05) is 0 Å². The minimum absolute atomic E-state index is 0.0280. The molecule has 2 aromatic carbocycles. The number of hydrogen-bond acceptors (Lipinski definition) is 7. The van der Waals surface area contributed by atoms with Crippen molar-refractivity contribution in [3.63, 3.8) is 0 Å². The lowest BCUT2D eigenvalue weighted by Crippen LogP contribution is -2.22. The number of ether oxygens (including phenoxy) is 3. The maximum Gasteiger partial charge on any atom is 0.308 e. The Kier molecular flexibility index (Phi) is 7.36. The highest BCUT2D eigenvalue weighted by molar-refractivity contribution is 5.96. The van der Waals surface area contributed by atoms with Crippen molar-refractivity contribution in [1.29, 1.82) is 5.26 Å². The molecule has 0 unspecified atom stereocenters. The molecule has 0 saturated carbocycles. The van der Waals surface area contributed by atoms with Crippen LogP contribution in [0.1, 0.15) is 19.4 Å². The van der Waals surface area contributed by atoms with Crippen LogP contribution in [0.2, 0.25) is 0 Å². The summed E-state index contributed by atoms with van der Waals surface area (Å²) in [5.74, 6) is 0.220. The molecular weight excluding hydrogens is 424 g/mol. The van der Waals surface area contributed by atoms with Crippen LogP contribution in [0.15, 0.2) is 52.9 Å². The van der Waals surface area contributed by atoms with E-state index in [2.05, 4.69) is 11.4 Å². The number of nitrogens with one attached hydrogen (secondary N) is 1. The first-order chi connectivity index (χ1) is 15.9. The highest BCUT2D eigenvalue weighted by Crippen LogP contribution is 2.42. The number of anilines is 1. The van der Waals surface area contributed by atoms with Gasteiger partial charge in [-0.1, -0.05) is 26.0 Å². The van der Waals surface area contributed by atoms with E-state index in [4.69, 9.17) is 18.6 Å². The number of hydrogen-bond donors (Lipinski definition) is 1. The molecule has 8 heteroatoms. The van der Waals surface area contributed by atoms with Gasteiger partial charge in [-0.25, -0.2) is 0 Å². The zero-order valence-electron chi connectivity index (χ0n) is 18.8. The molecular formula is C25H24N2O6. The van der Waals surface area contributed by atoms with Crippen LogP contribution in [-0.4, -0.2) is 32.7 Å². The zero-order valence-corrected chi connectivity index (χ0v) is 18.8. The molecule has 3 rings (SSSR count). The molecule has 1 heterocycles. The first kappa shape index (κ1) is 23.4. The summed E-state index contributed by atoms with van der Waals surface area (Å²) in [5, 5.41) is 12.5. The molecule has 1 N–H and O–H groups in total. The van der Waals surface area contributed by atoms with Gasteiger partial charge in [0.25, 0.3) is 5.91 Å². The van der Waals surface area contributed by atoms with Gasteiger partial charge in [0.15, 0.2) is 6.61 Å². The Labute approximate surface area is 191 Å². The largest absolute Gasteiger partial charge is 0.497 e. The van der Waals surface area contributed by atoms with E-state index in [9.17, 15) is 14.9 Å². The van der Waals surface area contributed by atoms with Crippen LogP contribution < -0.4 is 14.8 Å². The predicted molar refractivity (Wildman–Crippen MR) is 122 cm³/mol. The van der Waals surface area contributed by atoms with Gasteiger partial charge in [-0.3, -0.25) is 14.9 Å². The topological polar surface area (TPSA) is 111 Å². The van der Waals surface area contributed by atoms with E-state index in [-0.39, 0.29) is 17.4 Å². The summed E-state index contributed by atoms with van der Waals surface area (Å²) in [6.45, 7) is 2.85. The summed E-state index contributed by atoms with van der Waals surface area (Å²) in [6.07, 6.45) is 0. The molecule has 8 nitrogen and oxygen atoms in total. The second-order valence-electron chi connectivity index (χ2n) is 7.39. The number of rotatable bonds is 8. The van der Waals surface area contributed by atoms with E-state index >= 15 is 0 Å². The maximum absolute atomic E-state index is 12.4. The normalized spacial score (nSPS) is 10.4. The summed E-state index contributed by atoms with van der Waals surface area (Å²) < 4.78 is 21.4. The quantitative estimate of drug-likeness (QED) is 0.500. The molecule has 33 heavy (non-hydrogen) atoms. The Morgan fingerprint density at radius 1 is 0.970 bits per heavy atom. The van der Waals surface area contributed by atoms with Crippen molar-refractivity contribution in [2.24, 2.45) is 5.92 Å². The smallest absolute Gasteiger partial charge is 0.308 e. The number of esters is 1. The number of furan rings is 1.